The first kappa shape index (κ1) is 29.6. The second-order valence-corrected chi connectivity index (χ2v) is 12.9. The molecule has 2 saturated heterocycles. The van der Waals surface area contributed by atoms with Gasteiger partial charge in [0.1, 0.15) is 17.7 Å². The molecule has 2 aliphatic heterocycles. The number of rotatable bonds is 10. The van der Waals surface area contributed by atoms with Crippen LogP contribution in [0.2, 0.25) is 0 Å². The second-order valence-electron chi connectivity index (χ2n) is 12.9. The van der Waals surface area contributed by atoms with E-state index in [1.807, 2.05) is 13.8 Å². The molecule has 0 aromatic rings. The molecule has 1 aliphatic carbocycles. The molecule has 10 heteroatoms. The summed E-state index contributed by atoms with van der Waals surface area (Å²) < 4.78 is 5.38. The highest BCUT2D eigenvalue weighted by atomic mass is 16.6. The number of ketones is 1. The average Bonchev–Trinajstić information content (AvgIpc) is 3.15. The Kier molecular flexibility index (Phi) is 8.63. The summed E-state index contributed by atoms with van der Waals surface area (Å²) in [6.45, 7) is 17.8. The van der Waals surface area contributed by atoms with E-state index in [1.54, 1.807) is 25.7 Å². The Bertz CT molecular complexity index is 984. The van der Waals surface area contributed by atoms with Crippen molar-refractivity contribution in [3.8, 4) is 0 Å². The summed E-state index contributed by atoms with van der Waals surface area (Å²) in [6, 6.07) is -2.54. The Labute approximate surface area is 225 Å². The van der Waals surface area contributed by atoms with E-state index in [-0.39, 0.29) is 53.1 Å². The maximum Gasteiger partial charge on any atom is 0.408 e. The van der Waals surface area contributed by atoms with Crippen LogP contribution in [0.1, 0.15) is 67.7 Å². The van der Waals surface area contributed by atoms with Gasteiger partial charge in [-0.2, -0.15) is 0 Å². The molecule has 0 aromatic heterocycles. The molecule has 3 fully saturated rings. The zero-order valence-electron chi connectivity index (χ0n) is 23.8. The molecule has 3 N–H and O–H groups in total. The molecule has 212 valence electrons. The maximum absolute atomic E-state index is 13.8. The predicted octanol–water partition coefficient (Wildman–Crippen LogP) is 2.17. The fourth-order valence-electron chi connectivity index (χ4n) is 5.96. The van der Waals surface area contributed by atoms with E-state index >= 15 is 0 Å². The molecule has 3 rings (SSSR count). The Hall–Kier alpha value is -2.91. The SMILES string of the molecule is C=CC(=O)[C@H](C[C@@H]1CCNC1=O)NC(=O)[C@@H]1[C@@H]2[C@H](CN1C(=O)[C@H](CC(C)C)NC(=O)OC(C)(C)C)C2(C)C. The number of nitrogens with one attached hydrogen (secondary N) is 3. The fourth-order valence-corrected chi connectivity index (χ4v) is 5.96. The van der Waals surface area contributed by atoms with Gasteiger partial charge in [-0.15, -0.1) is 0 Å². The molecule has 0 radical (unpaired) electrons. The molecule has 3 aliphatic rings. The van der Waals surface area contributed by atoms with Crippen molar-refractivity contribution >= 4 is 29.6 Å². The number of alkyl carbamates (subject to hydrolysis) is 1. The Balaban J connectivity index is 1.81. The molecule has 10 nitrogen and oxygen atoms in total. The van der Waals surface area contributed by atoms with Crippen molar-refractivity contribution in [2.45, 2.75) is 91.5 Å². The van der Waals surface area contributed by atoms with E-state index in [4.69, 9.17) is 4.74 Å². The Morgan fingerprint density at radius 3 is 2.37 bits per heavy atom. The molecule has 38 heavy (non-hydrogen) atoms. The van der Waals surface area contributed by atoms with Crippen molar-refractivity contribution < 1.29 is 28.7 Å². The molecule has 2 heterocycles. The minimum absolute atomic E-state index is 0.0676. The van der Waals surface area contributed by atoms with Gasteiger partial charge in [-0.05, 0) is 69.3 Å². The quantitative estimate of drug-likeness (QED) is 0.369. The van der Waals surface area contributed by atoms with Crippen LogP contribution in [0.4, 0.5) is 4.79 Å². The second kappa shape index (κ2) is 11.1. The number of hydrogen-bond donors (Lipinski definition) is 3. The zero-order chi connectivity index (χ0) is 28.6. The van der Waals surface area contributed by atoms with Crippen LogP contribution in [0.15, 0.2) is 12.7 Å². The summed E-state index contributed by atoms with van der Waals surface area (Å²) in [7, 11) is 0. The largest absolute Gasteiger partial charge is 0.444 e. The van der Waals surface area contributed by atoms with Crippen LogP contribution in [0.25, 0.3) is 0 Å². The first-order valence-electron chi connectivity index (χ1n) is 13.6. The topological polar surface area (TPSA) is 134 Å². The number of ether oxygens (including phenoxy) is 1. The van der Waals surface area contributed by atoms with Gasteiger partial charge in [0.05, 0.1) is 6.04 Å². The molecule has 0 bridgehead atoms. The Morgan fingerprint density at radius 2 is 1.84 bits per heavy atom. The predicted molar refractivity (Wildman–Crippen MR) is 142 cm³/mol. The van der Waals surface area contributed by atoms with E-state index < -0.39 is 35.7 Å². The monoisotopic (exact) mass is 532 g/mol. The van der Waals surface area contributed by atoms with Crippen molar-refractivity contribution in [3.05, 3.63) is 12.7 Å². The standard InChI is InChI=1S/C28H44N4O6/c1-9-20(33)18(13-16-10-11-29-23(16)34)30-24(35)22-21-17(28(21,7)8)14-32(22)25(36)19(12-15(2)3)31-26(37)38-27(4,5)6/h9,15-19,21-22H,1,10-14H2,2-8H3,(H,29,34)(H,30,35)(H,31,37)/t16-,17-,18-,19-,21-,22-/m0/s1. The number of nitrogens with zero attached hydrogens (tertiary/aromatic N) is 1. The van der Waals surface area contributed by atoms with E-state index in [1.165, 1.54) is 0 Å². The number of carbonyl (C=O) groups is 5. The van der Waals surface area contributed by atoms with Crippen LogP contribution in [0, 0.1) is 29.1 Å². The Morgan fingerprint density at radius 1 is 1.18 bits per heavy atom. The first-order chi connectivity index (χ1) is 17.6. The minimum Gasteiger partial charge on any atom is -0.444 e. The summed E-state index contributed by atoms with van der Waals surface area (Å²) in [5, 5.41) is 8.32. The minimum atomic E-state index is -0.905. The van der Waals surface area contributed by atoms with Gasteiger partial charge >= 0.3 is 6.09 Å². The van der Waals surface area contributed by atoms with Crippen LogP contribution >= 0.6 is 0 Å². The van der Waals surface area contributed by atoms with Gasteiger partial charge in [-0.1, -0.05) is 34.3 Å². The normalized spacial score (nSPS) is 27.2. The molecule has 6 atom stereocenters. The van der Waals surface area contributed by atoms with Crippen molar-refractivity contribution in [3.63, 3.8) is 0 Å². The highest BCUT2D eigenvalue weighted by molar-refractivity contribution is 5.99. The smallest absolute Gasteiger partial charge is 0.408 e. The van der Waals surface area contributed by atoms with Crippen LogP contribution in [-0.4, -0.2) is 71.3 Å². The zero-order valence-corrected chi connectivity index (χ0v) is 23.8. The lowest BCUT2D eigenvalue weighted by Crippen LogP contribution is -2.58. The number of carbonyl (C=O) groups excluding carboxylic acids is 5. The summed E-state index contributed by atoms with van der Waals surface area (Å²) >= 11 is 0. The number of piperidine rings is 1. The third kappa shape index (κ3) is 6.56. The third-order valence-corrected chi connectivity index (χ3v) is 8.00. The van der Waals surface area contributed by atoms with Gasteiger partial charge in [0.25, 0.3) is 0 Å². The number of hydrogen-bond acceptors (Lipinski definition) is 6. The summed E-state index contributed by atoms with van der Waals surface area (Å²) in [6.07, 6.45) is 1.62. The van der Waals surface area contributed by atoms with E-state index in [2.05, 4.69) is 36.4 Å². The van der Waals surface area contributed by atoms with Gasteiger partial charge in [0.2, 0.25) is 17.7 Å². The lowest BCUT2D eigenvalue weighted by Gasteiger charge is -2.34. The van der Waals surface area contributed by atoms with Gasteiger partial charge in [-0.3, -0.25) is 19.2 Å². The molecular weight excluding hydrogens is 488 g/mol. The van der Waals surface area contributed by atoms with Gasteiger partial charge in [0.15, 0.2) is 5.78 Å². The molecule has 4 amide bonds. The third-order valence-electron chi connectivity index (χ3n) is 8.00. The fraction of sp³-hybridized carbons (Fsp3) is 0.750. The van der Waals surface area contributed by atoms with Gasteiger partial charge in [0, 0.05) is 19.0 Å². The number of amides is 4. The number of fused-ring (bicyclic) bond motifs is 1. The van der Waals surface area contributed by atoms with Crippen molar-refractivity contribution in [1.29, 1.82) is 0 Å². The summed E-state index contributed by atoms with van der Waals surface area (Å²) in [5.41, 5.74) is -0.853. The summed E-state index contributed by atoms with van der Waals surface area (Å²) in [5.74, 6) is -1.46. The van der Waals surface area contributed by atoms with Crippen LogP contribution < -0.4 is 16.0 Å². The van der Waals surface area contributed by atoms with Crippen molar-refractivity contribution in [1.82, 2.24) is 20.9 Å². The van der Waals surface area contributed by atoms with E-state index in [0.717, 1.165) is 6.08 Å². The number of likely N-dealkylation sites (tertiary alicyclic amines) is 1. The van der Waals surface area contributed by atoms with Crippen molar-refractivity contribution in [2.24, 2.45) is 29.1 Å². The molecule has 0 unspecified atom stereocenters. The van der Waals surface area contributed by atoms with Crippen LogP contribution in [-0.2, 0) is 23.9 Å². The van der Waals surface area contributed by atoms with Crippen LogP contribution in [0.5, 0.6) is 0 Å². The molecule has 1 saturated carbocycles. The van der Waals surface area contributed by atoms with E-state index in [9.17, 15) is 24.0 Å². The van der Waals surface area contributed by atoms with Crippen LogP contribution in [0.3, 0.4) is 0 Å². The van der Waals surface area contributed by atoms with Gasteiger partial charge in [-0.25, -0.2) is 4.79 Å². The molecule has 0 spiro atoms. The lowest BCUT2D eigenvalue weighted by molar-refractivity contribution is -0.142. The molecule has 0 aromatic carbocycles. The molecular formula is C28H44N4O6. The van der Waals surface area contributed by atoms with E-state index in [0.29, 0.717) is 25.9 Å². The highest BCUT2D eigenvalue weighted by Crippen LogP contribution is 2.65. The van der Waals surface area contributed by atoms with Crippen molar-refractivity contribution in [2.75, 3.05) is 13.1 Å². The average molecular weight is 533 g/mol. The lowest BCUT2D eigenvalue weighted by atomic mass is 9.94. The maximum atomic E-state index is 13.8. The first-order valence-corrected chi connectivity index (χ1v) is 13.6. The highest BCUT2D eigenvalue weighted by Gasteiger charge is 2.69. The summed E-state index contributed by atoms with van der Waals surface area (Å²) in [4.78, 5) is 66.4. The van der Waals surface area contributed by atoms with Gasteiger partial charge < -0.3 is 25.6 Å².